The Labute approximate surface area is 127 Å². The van der Waals surface area contributed by atoms with Gasteiger partial charge >= 0.3 is 0 Å². The minimum Gasteiger partial charge on any atom is -0.498 e. The molecule has 0 N–H and O–H groups in total. The Bertz CT molecular complexity index is 244. The first-order valence-electron chi connectivity index (χ1n) is 9.16. The van der Waals surface area contributed by atoms with Gasteiger partial charge in [-0.2, -0.15) is 0 Å². The van der Waals surface area contributed by atoms with Gasteiger partial charge < -0.3 is 4.74 Å². The van der Waals surface area contributed by atoms with Crippen LogP contribution in [0.4, 0.5) is 0 Å². The lowest BCUT2D eigenvalue weighted by Gasteiger charge is -2.13. The van der Waals surface area contributed by atoms with E-state index < -0.39 is 0 Å². The Hall–Kier alpha value is -0.460. The molecule has 1 atom stereocenters. The third-order valence-corrected chi connectivity index (χ3v) is 4.29. The van der Waals surface area contributed by atoms with Gasteiger partial charge in [0.25, 0.3) is 0 Å². The summed E-state index contributed by atoms with van der Waals surface area (Å²) in [5, 5.41) is 0. The third-order valence-electron chi connectivity index (χ3n) is 4.29. The van der Waals surface area contributed by atoms with E-state index in [9.17, 15) is 0 Å². The summed E-state index contributed by atoms with van der Waals surface area (Å²) in [6, 6.07) is 0. The minimum absolute atomic E-state index is 0.687. The van der Waals surface area contributed by atoms with Gasteiger partial charge in [-0.15, -0.1) is 0 Å². The monoisotopic (exact) mass is 280 g/mol. The Morgan fingerprint density at radius 2 is 1.45 bits per heavy atom. The zero-order chi connectivity index (χ0) is 14.5. The summed E-state index contributed by atoms with van der Waals surface area (Å²) < 4.78 is 5.95. The highest BCUT2D eigenvalue weighted by Crippen LogP contribution is 2.20. The van der Waals surface area contributed by atoms with Crippen molar-refractivity contribution in [3.8, 4) is 0 Å². The van der Waals surface area contributed by atoms with E-state index in [1.807, 2.05) is 0 Å². The molecule has 1 nitrogen and oxygen atoms in total. The molecule has 0 aromatic heterocycles. The van der Waals surface area contributed by atoms with Gasteiger partial charge in [0.05, 0.1) is 12.4 Å². The lowest BCUT2D eigenvalue weighted by molar-refractivity contribution is 0.197. The van der Waals surface area contributed by atoms with Crippen molar-refractivity contribution in [3.05, 3.63) is 11.8 Å². The normalized spacial score (nSPS) is 24.3. The molecule has 0 saturated carbocycles. The van der Waals surface area contributed by atoms with Crippen LogP contribution in [0.3, 0.4) is 0 Å². The van der Waals surface area contributed by atoms with Crippen LogP contribution >= 0.6 is 0 Å². The average Bonchev–Trinajstić information content (AvgIpc) is 2.45. The van der Waals surface area contributed by atoms with E-state index in [-0.39, 0.29) is 0 Å². The Balaban J connectivity index is 2.43. The lowest BCUT2D eigenvalue weighted by Crippen LogP contribution is -1.99. The van der Waals surface area contributed by atoms with Crippen molar-refractivity contribution >= 4 is 0 Å². The maximum Gasteiger partial charge on any atom is 0.0922 e. The summed E-state index contributed by atoms with van der Waals surface area (Å²) in [4.78, 5) is 0. The molecule has 0 saturated heterocycles. The summed E-state index contributed by atoms with van der Waals surface area (Å²) in [5.41, 5.74) is 0. The predicted molar refractivity (Wildman–Crippen MR) is 88.9 cm³/mol. The fraction of sp³-hybridized carbons (Fsp3) is 0.895. The van der Waals surface area contributed by atoms with Crippen LogP contribution in [0.1, 0.15) is 97.3 Å². The zero-order valence-electron chi connectivity index (χ0n) is 14.0. The smallest absolute Gasteiger partial charge is 0.0922 e. The van der Waals surface area contributed by atoms with Gasteiger partial charge in [0, 0.05) is 6.42 Å². The minimum atomic E-state index is 0.687. The van der Waals surface area contributed by atoms with Crippen LogP contribution < -0.4 is 0 Å². The maximum absolute atomic E-state index is 5.95. The highest BCUT2D eigenvalue weighted by Gasteiger charge is 2.05. The van der Waals surface area contributed by atoms with Crippen LogP contribution in [0.15, 0.2) is 11.8 Å². The van der Waals surface area contributed by atoms with E-state index in [0.29, 0.717) is 5.92 Å². The molecule has 1 aliphatic rings. The van der Waals surface area contributed by atoms with E-state index in [4.69, 9.17) is 4.74 Å². The predicted octanol–water partition coefficient (Wildman–Crippen LogP) is 6.63. The molecule has 1 unspecified atom stereocenters. The van der Waals surface area contributed by atoms with E-state index in [2.05, 4.69) is 19.9 Å². The van der Waals surface area contributed by atoms with Crippen molar-refractivity contribution in [1.82, 2.24) is 0 Å². The molecule has 0 heterocycles. The van der Waals surface area contributed by atoms with Gasteiger partial charge in [-0.3, -0.25) is 0 Å². The topological polar surface area (TPSA) is 9.23 Å². The first kappa shape index (κ1) is 17.6. The Kier molecular flexibility index (Phi) is 10.8. The fourth-order valence-corrected chi connectivity index (χ4v) is 3.02. The molecule has 0 aromatic rings. The summed E-state index contributed by atoms with van der Waals surface area (Å²) in [6.07, 6.45) is 20.2. The molecular weight excluding hydrogens is 244 g/mol. The number of allylic oxidation sites excluding steroid dienone is 2. The van der Waals surface area contributed by atoms with Gasteiger partial charge in [0.15, 0.2) is 0 Å². The van der Waals surface area contributed by atoms with Gasteiger partial charge in [0.2, 0.25) is 0 Å². The number of ether oxygens (including phenoxy) is 1. The van der Waals surface area contributed by atoms with Gasteiger partial charge in [-0.25, -0.2) is 0 Å². The van der Waals surface area contributed by atoms with Crippen molar-refractivity contribution in [2.45, 2.75) is 97.3 Å². The first-order chi connectivity index (χ1) is 9.83. The molecule has 0 radical (unpaired) electrons. The Morgan fingerprint density at radius 1 is 0.900 bits per heavy atom. The molecule has 0 amide bonds. The molecule has 1 aliphatic carbocycles. The van der Waals surface area contributed by atoms with Crippen molar-refractivity contribution < 1.29 is 4.74 Å². The van der Waals surface area contributed by atoms with Gasteiger partial charge in [-0.1, -0.05) is 71.6 Å². The molecular formula is C19H36O. The molecule has 0 aromatic carbocycles. The van der Waals surface area contributed by atoms with Crippen molar-refractivity contribution in [2.24, 2.45) is 5.92 Å². The SMILES string of the molecule is CCCOC1=CC(C)CCCCCCCCCCCC1. The highest BCUT2D eigenvalue weighted by atomic mass is 16.5. The van der Waals surface area contributed by atoms with Crippen LogP contribution in [-0.2, 0) is 4.74 Å². The second-order valence-electron chi connectivity index (χ2n) is 6.53. The van der Waals surface area contributed by atoms with Crippen molar-refractivity contribution in [1.29, 1.82) is 0 Å². The van der Waals surface area contributed by atoms with E-state index in [1.165, 1.54) is 76.4 Å². The lowest BCUT2D eigenvalue weighted by atomic mass is 10.0. The first-order valence-corrected chi connectivity index (χ1v) is 9.16. The second-order valence-corrected chi connectivity index (χ2v) is 6.53. The standard InChI is InChI=1S/C19H36O/c1-3-16-20-19-15-13-11-9-7-5-4-6-8-10-12-14-18(2)17-19/h17-18H,3-16H2,1-2H3. The summed E-state index contributed by atoms with van der Waals surface area (Å²) in [7, 11) is 0. The Morgan fingerprint density at radius 3 is 2.05 bits per heavy atom. The molecule has 0 spiro atoms. The molecule has 1 rings (SSSR count). The number of hydrogen-bond donors (Lipinski definition) is 0. The molecule has 0 fully saturated rings. The largest absolute Gasteiger partial charge is 0.498 e. The molecule has 0 bridgehead atoms. The van der Waals surface area contributed by atoms with Crippen LogP contribution in [0.5, 0.6) is 0 Å². The molecule has 0 aliphatic heterocycles. The summed E-state index contributed by atoms with van der Waals surface area (Å²) in [5.74, 6) is 1.96. The van der Waals surface area contributed by atoms with Crippen LogP contribution in [0.25, 0.3) is 0 Å². The van der Waals surface area contributed by atoms with E-state index in [1.54, 1.807) is 0 Å². The van der Waals surface area contributed by atoms with Crippen molar-refractivity contribution in [2.75, 3.05) is 6.61 Å². The van der Waals surface area contributed by atoms with E-state index in [0.717, 1.165) is 19.4 Å². The quantitative estimate of drug-likeness (QED) is 0.564. The van der Waals surface area contributed by atoms with Crippen LogP contribution in [-0.4, -0.2) is 6.61 Å². The number of hydrogen-bond acceptors (Lipinski definition) is 1. The summed E-state index contributed by atoms with van der Waals surface area (Å²) >= 11 is 0. The van der Waals surface area contributed by atoms with Crippen molar-refractivity contribution in [3.63, 3.8) is 0 Å². The number of rotatable bonds is 3. The highest BCUT2D eigenvalue weighted by molar-refractivity contribution is 4.96. The van der Waals surface area contributed by atoms with Crippen LogP contribution in [0.2, 0.25) is 0 Å². The molecule has 20 heavy (non-hydrogen) atoms. The van der Waals surface area contributed by atoms with Gasteiger partial charge in [-0.05, 0) is 31.3 Å². The average molecular weight is 280 g/mol. The third kappa shape index (κ3) is 9.44. The fourth-order valence-electron chi connectivity index (χ4n) is 3.02. The molecule has 1 heteroatoms. The zero-order valence-corrected chi connectivity index (χ0v) is 14.0. The molecule has 118 valence electrons. The van der Waals surface area contributed by atoms with Gasteiger partial charge in [0.1, 0.15) is 0 Å². The van der Waals surface area contributed by atoms with E-state index >= 15 is 0 Å². The second kappa shape index (κ2) is 12.3. The maximum atomic E-state index is 5.95. The summed E-state index contributed by atoms with van der Waals surface area (Å²) in [6.45, 7) is 5.43. The van der Waals surface area contributed by atoms with Crippen LogP contribution in [0, 0.1) is 5.92 Å².